The summed E-state index contributed by atoms with van der Waals surface area (Å²) in [5.41, 5.74) is 1.13. The van der Waals surface area contributed by atoms with E-state index in [1.54, 1.807) is 0 Å². The molecule has 2 heterocycles. The van der Waals surface area contributed by atoms with Crippen LogP contribution < -0.4 is 10.2 Å². The third kappa shape index (κ3) is 2.98. The summed E-state index contributed by atoms with van der Waals surface area (Å²) in [6.45, 7) is 8.97. The Morgan fingerprint density at radius 2 is 1.79 bits per heavy atom. The van der Waals surface area contributed by atoms with Crippen LogP contribution in [0.2, 0.25) is 0 Å². The Morgan fingerprint density at radius 3 is 2.33 bits per heavy atom. The molecular weight excluding hydrogens is 310 g/mol. The van der Waals surface area contributed by atoms with Gasteiger partial charge in [-0.05, 0) is 57.4 Å². The maximum atomic E-state index is 14.9. The molecule has 0 amide bonds. The van der Waals surface area contributed by atoms with Gasteiger partial charge in [-0.1, -0.05) is 6.08 Å². The minimum atomic E-state index is -0.789. The van der Waals surface area contributed by atoms with Crippen LogP contribution in [-0.2, 0) is 14.0 Å². The maximum Gasteiger partial charge on any atom is 0.501 e. The number of rotatable bonds is 3. The highest BCUT2D eigenvalue weighted by Crippen LogP contribution is 2.38. The van der Waals surface area contributed by atoms with Crippen molar-refractivity contribution in [1.29, 1.82) is 0 Å². The molecular formula is C18H24BFO4. The normalized spacial score (nSPS) is 22.4. The van der Waals surface area contributed by atoms with Crippen molar-refractivity contribution in [2.75, 3.05) is 20.3 Å². The van der Waals surface area contributed by atoms with Crippen LogP contribution in [0.15, 0.2) is 18.2 Å². The number of hydrogen-bond donors (Lipinski definition) is 0. The van der Waals surface area contributed by atoms with Gasteiger partial charge >= 0.3 is 7.12 Å². The van der Waals surface area contributed by atoms with Crippen LogP contribution in [0.3, 0.4) is 0 Å². The van der Waals surface area contributed by atoms with Crippen LogP contribution in [0.25, 0.3) is 5.57 Å². The van der Waals surface area contributed by atoms with E-state index in [1.165, 1.54) is 13.2 Å². The van der Waals surface area contributed by atoms with Crippen molar-refractivity contribution in [2.45, 2.75) is 45.3 Å². The number of hydrogen-bond acceptors (Lipinski definition) is 4. The largest absolute Gasteiger partial charge is 0.501 e. The fraction of sp³-hybridized carbons (Fsp3) is 0.556. The van der Waals surface area contributed by atoms with Crippen LogP contribution in [-0.4, -0.2) is 38.6 Å². The van der Waals surface area contributed by atoms with E-state index in [2.05, 4.69) is 0 Å². The minimum absolute atomic E-state index is 0.313. The Balaban J connectivity index is 1.99. The molecule has 1 saturated heterocycles. The Hall–Kier alpha value is -1.37. The number of methoxy groups -OCH3 is 1. The quantitative estimate of drug-likeness (QED) is 0.797. The van der Waals surface area contributed by atoms with Gasteiger partial charge < -0.3 is 18.8 Å². The van der Waals surface area contributed by atoms with Gasteiger partial charge in [0.2, 0.25) is 0 Å². The standard InChI is InChI=1S/C18H24BFO4/c1-17(2)18(3,4)24-19(23-17)16-14(20)10-13(11-15(16)21-5)12-6-8-22-9-7-12/h6,10-11H,7-9H2,1-5H3. The molecule has 2 aliphatic heterocycles. The Morgan fingerprint density at radius 1 is 1.12 bits per heavy atom. The van der Waals surface area contributed by atoms with Gasteiger partial charge in [-0.25, -0.2) is 4.39 Å². The summed E-state index contributed by atoms with van der Waals surface area (Å²) in [5.74, 6) is 0.0612. The van der Waals surface area contributed by atoms with Gasteiger partial charge in [-0.15, -0.1) is 0 Å². The smallest absolute Gasteiger partial charge is 0.497 e. The second kappa shape index (κ2) is 6.17. The predicted octanol–water partition coefficient (Wildman–Crippen LogP) is 2.94. The average molecular weight is 334 g/mol. The van der Waals surface area contributed by atoms with Crippen molar-refractivity contribution in [3.05, 3.63) is 29.6 Å². The lowest BCUT2D eigenvalue weighted by molar-refractivity contribution is 0.00578. The molecule has 0 atom stereocenters. The third-order valence-electron chi connectivity index (χ3n) is 5.13. The summed E-state index contributed by atoms with van der Waals surface area (Å²) in [4.78, 5) is 0. The summed E-state index contributed by atoms with van der Waals surface area (Å²) < 4.78 is 37.6. The van der Waals surface area contributed by atoms with Crippen LogP contribution in [0.1, 0.15) is 39.7 Å². The lowest BCUT2D eigenvalue weighted by Crippen LogP contribution is -2.41. The van der Waals surface area contributed by atoms with Crippen molar-refractivity contribution in [3.63, 3.8) is 0 Å². The summed E-state index contributed by atoms with van der Waals surface area (Å²) >= 11 is 0. The maximum absolute atomic E-state index is 14.9. The number of ether oxygens (including phenoxy) is 2. The topological polar surface area (TPSA) is 36.9 Å². The zero-order valence-corrected chi connectivity index (χ0v) is 14.9. The van der Waals surface area contributed by atoms with E-state index in [1.807, 2.05) is 39.8 Å². The summed E-state index contributed by atoms with van der Waals surface area (Å²) in [7, 11) is 0.744. The fourth-order valence-corrected chi connectivity index (χ4v) is 2.93. The van der Waals surface area contributed by atoms with E-state index >= 15 is 0 Å². The first-order valence-electron chi connectivity index (χ1n) is 8.25. The molecule has 0 aliphatic carbocycles. The summed E-state index contributed by atoms with van der Waals surface area (Å²) in [6, 6.07) is 3.38. The Kier molecular flexibility index (Phi) is 4.49. The summed E-state index contributed by atoms with van der Waals surface area (Å²) in [6.07, 6.45) is 2.74. The van der Waals surface area contributed by atoms with E-state index in [-0.39, 0.29) is 5.82 Å². The average Bonchev–Trinajstić information content (AvgIpc) is 2.74. The van der Waals surface area contributed by atoms with Gasteiger partial charge in [0.1, 0.15) is 11.6 Å². The van der Waals surface area contributed by atoms with Gasteiger partial charge in [0.05, 0.1) is 37.0 Å². The van der Waals surface area contributed by atoms with Gasteiger partial charge in [-0.2, -0.15) is 0 Å². The molecule has 24 heavy (non-hydrogen) atoms. The van der Waals surface area contributed by atoms with Crippen molar-refractivity contribution in [3.8, 4) is 5.75 Å². The highest BCUT2D eigenvalue weighted by atomic mass is 19.1. The minimum Gasteiger partial charge on any atom is -0.497 e. The van der Waals surface area contributed by atoms with Gasteiger partial charge in [-0.3, -0.25) is 0 Å². The molecule has 0 N–H and O–H groups in total. The summed E-state index contributed by atoms with van der Waals surface area (Å²) in [5, 5.41) is 0. The lowest BCUT2D eigenvalue weighted by Gasteiger charge is -2.32. The van der Waals surface area contributed by atoms with Gasteiger partial charge in [0.15, 0.2) is 0 Å². The molecule has 1 aromatic rings. The van der Waals surface area contributed by atoms with Crippen LogP contribution >= 0.6 is 0 Å². The highest BCUT2D eigenvalue weighted by molar-refractivity contribution is 6.63. The van der Waals surface area contributed by atoms with E-state index in [0.29, 0.717) is 24.4 Å². The van der Waals surface area contributed by atoms with Crippen molar-refractivity contribution >= 4 is 18.2 Å². The van der Waals surface area contributed by atoms with E-state index in [0.717, 1.165) is 17.6 Å². The molecule has 0 spiro atoms. The first kappa shape index (κ1) is 17.5. The molecule has 6 heteroatoms. The molecule has 4 nitrogen and oxygen atoms in total. The van der Waals surface area contributed by atoms with E-state index in [9.17, 15) is 4.39 Å². The molecule has 0 saturated carbocycles. The fourth-order valence-electron chi connectivity index (χ4n) is 2.93. The first-order chi connectivity index (χ1) is 11.2. The van der Waals surface area contributed by atoms with Crippen molar-refractivity contribution in [2.24, 2.45) is 0 Å². The van der Waals surface area contributed by atoms with Crippen molar-refractivity contribution in [1.82, 2.24) is 0 Å². The third-order valence-corrected chi connectivity index (χ3v) is 5.13. The second-order valence-electron chi connectivity index (χ2n) is 7.22. The number of benzene rings is 1. The van der Waals surface area contributed by atoms with E-state index in [4.69, 9.17) is 18.8 Å². The molecule has 1 aromatic carbocycles. The highest BCUT2D eigenvalue weighted by Gasteiger charge is 2.53. The molecule has 2 aliphatic rings. The molecule has 1 fully saturated rings. The monoisotopic (exact) mass is 334 g/mol. The molecule has 3 rings (SSSR count). The molecule has 0 unspecified atom stereocenters. The van der Waals surface area contributed by atoms with Crippen LogP contribution in [0, 0.1) is 5.82 Å². The molecule has 130 valence electrons. The molecule has 0 bridgehead atoms. The first-order valence-corrected chi connectivity index (χ1v) is 8.25. The molecule has 0 aromatic heterocycles. The Bertz CT molecular complexity index is 653. The second-order valence-corrected chi connectivity index (χ2v) is 7.22. The van der Waals surface area contributed by atoms with Crippen molar-refractivity contribution < 1.29 is 23.2 Å². The zero-order chi connectivity index (χ0) is 17.5. The Labute approximate surface area is 143 Å². The lowest BCUT2D eigenvalue weighted by atomic mass is 9.77. The predicted molar refractivity (Wildman–Crippen MR) is 92.1 cm³/mol. The van der Waals surface area contributed by atoms with E-state index < -0.39 is 18.3 Å². The van der Waals surface area contributed by atoms with Gasteiger partial charge in [0.25, 0.3) is 0 Å². The zero-order valence-electron chi connectivity index (χ0n) is 14.9. The molecule has 0 radical (unpaired) electrons. The van der Waals surface area contributed by atoms with Crippen LogP contribution in [0.5, 0.6) is 5.75 Å². The number of halogens is 1. The van der Waals surface area contributed by atoms with Crippen LogP contribution in [0.4, 0.5) is 4.39 Å². The SMILES string of the molecule is COc1cc(C2=CCOCC2)cc(F)c1B1OC(C)(C)C(C)(C)O1. The van der Waals surface area contributed by atoms with Gasteiger partial charge in [0, 0.05) is 0 Å².